The normalized spacial score (nSPS) is 23.1. The molecule has 0 radical (unpaired) electrons. The first-order valence-corrected chi connectivity index (χ1v) is 7.78. The maximum absolute atomic E-state index is 12.6. The highest BCUT2D eigenvalue weighted by atomic mass is 32.1. The number of hydrogen-bond donors (Lipinski definition) is 1. The van der Waals surface area contributed by atoms with E-state index < -0.39 is 17.8 Å². The fraction of sp³-hybridized carbons (Fsp3) is 0.400. The van der Waals surface area contributed by atoms with Crippen molar-refractivity contribution in [3.63, 3.8) is 0 Å². The molecule has 0 amide bonds. The molecule has 2 heterocycles. The third-order valence-electron chi connectivity index (χ3n) is 3.85. The van der Waals surface area contributed by atoms with Crippen LogP contribution < -0.4 is 0 Å². The van der Waals surface area contributed by atoms with Crippen LogP contribution in [0.15, 0.2) is 36.0 Å². The standard InChI is InChI=1S/C15H15F3N2OS/c16-15(17,18)11-3-1-10(2-4-11)14-5-12(21)7-20(14)8-13-6-19-9-22-13/h1-4,6,9,12,14,21H,5,7-8H2. The molecule has 1 fully saturated rings. The molecule has 1 aromatic heterocycles. The molecule has 0 bridgehead atoms. The molecule has 2 unspecified atom stereocenters. The van der Waals surface area contributed by atoms with Crippen LogP contribution in [0.1, 0.15) is 28.5 Å². The smallest absolute Gasteiger partial charge is 0.392 e. The molecular formula is C15H15F3N2OS. The molecule has 1 aliphatic heterocycles. The molecule has 2 aromatic rings. The van der Waals surface area contributed by atoms with Crippen LogP contribution in [0.3, 0.4) is 0 Å². The molecule has 1 N–H and O–H groups in total. The lowest BCUT2D eigenvalue weighted by Gasteiger charge is -2.24. The predicted molar refractivity (Wildman–Crippen MR) is 77.3 cm³/mol. The first kappa shape index (κ1) is 15.5. The molecule has 3 rings (SSSR count). The lowest BCUT2D eigenvalue weighted by Crippen LogP contribution is -2.24. The van der Waals surface area contributed by atoms with Gasteiger partial charge in [-0.05, 0) is 24.1 Å². The van der Waals surface area contributed by atoms with Crippen LogP contribution in [0.25, 0.3) is 0 Å². The number of hydrogen-bond acceptors (Lipinski definition) is 4. The topological polar surface area (TPSA) is 36.4 Å². The number of β-amino-alcohol motifs (C(OH)–C–C–N with tert-alkyl or cyclic N) is 1. The number of aliphatic hydroxyl groups is 1. The van der Waals surface area contributed by atoms with Crippen LogP contribution in [0.2, 0.25) is 0 Å². The molecular weight excluding hydrogens is 313 g/mol. The second kappa shape index (κ2) is 5.98. The van der Waals surface area contributed by atoms with Crippen molar-refractivity contribution >= 4 is 11.3 Å². The van der Waals surface area contributed by atoms with Crippen LogP contribution in [-0.2, 0) is 12.7 Å². The van der Waals surface area contributed by atoms with E-state index >= 15 is 0 Å². The Morgan fingerprint density at radius 3 is 2.59 bits per heavy atom. The number of thiazole rings is 1. The zero-order valence-electron chi connectivity index (χ0n) is 11.6. The summed E-state index contributed by atoms with van der Waals surface area (Å²) in [5.74, 6) is 0. The quantitative estimate of drug-likeness (QED) is 0.937. The summed E-state index contributed by atoms with van der Waals surface area (Å²) in [7, 11) is 0. The van der Waals surface area contributed by atoms with E-state index in [2.05, 4.69) is 9.88 Å². The number of halogens is 3. The van der Waals surface area contributed by atoms with Crippen molar-refractivity contribution in [3.8, 4) is 0 Å². The van der Waals surface area contributed by atoms with Gasteiger partial charge in [-0.3, -0.25) is 9.88 Å². The summed E-state index contributed by atoms with van der Waals surface area (Å²) in [5.41, 5.74) is 1.90. The summed E-state index contributed by atoms with van der Waals surface area (Å²) in [6, 6.07) is 5.14. The molecule has 7 heteroatoms. The van der Waals surface area contributed by atoms with Crippen molar-refractivity contribution in [1.29, 1.82) is 0 Å². The zero-order valence-corrected chi connectivity index (χ0v) is 12.4. The summed E-state index contributed by atoms with van der Waals surface area (Å²) >= 11 is 1.53. The highest BCUT2D eigenvalue weighted by Crippen LogP contribution is 2.36. The fourth-order valence-electron chi connectivity index (χ4n) is 2.82. The molecule has 118 valence electrons. The van der Waals surface area contributed by atoms with Gasteiger partial charge in [0.2, 0.25) is 0 Å². The Bertz CT molecular complexity index is 613. The van der Waals surface area contributed by atoms with E-state index in [0.29, 0.717) is 19.5 Å². The first-order valence-electron chi connectivity index (χ1n) is 6.90. The van der Waals surface area contributed by atoms with Gasteiger partial charge >= 0.3 is 6.18 Å². The number of nitrogens with zero attached hydrogens (tertiary/aromatic N) is 2. The molecule has 1 aromatic carbocycles. The van der Waals surface area contributed by atoms with Crippen molar-refractivity contribution in [2.24, 2.45) is 0 Å². The Hall–Kier alpha value is -1.44. The fourth-order valence-corrected chi connectivity index (χ4v) is 3.43. The van der Waals surface area contributed by atoms with E-state index in [-0.39, 0.29) is 6.04 Å². The molecule has 2 atom stereocenters. The third-order valence-corrected chi connectivity index (χ3v) is 4.61. The molecule has 0 spiro atoms. The number of aliphatic hydroxyl groups excluding tert-OH is 1. The summed E-state index contributed by atoms with van der Waals surface area (Å²) in [6.07, 6.45) is -2.47. The third kappa shape index (κ3) is 3.31. The summed E-state index contributed by atoms with van der Waals surface area (Å²) in [5, 5.41) is 9.91. The summed E-state index contributed by atoms with van der Waals surface area (Å²) < 4.78 is 37.9. The van der Waals surface area contributed by atoms with Gasteiger partial charge in [0, 0.05) is 30.2 Å². The van der Waals surface area contributed by atoms with E-state index in [1.807, 2.05) is 0 Å². The highest BCUT2D eigenvalue weighted by Gasteiger charge is 2.34. The summed E-state index contributed by atoms with van der Waals surface area (Å²) in [6.45, 7) is 1.16. The minimum absolute atomic E-state index is 0.0700. The molecule has 0 aliphatic carbocycles. The van der Waals surface area contributed by atoms with E-state index in [9.17, 15) is 18.3 Å². The van der Waals surface area contributed by atoms with Gasteiger partial charge in [-0.2, -0.15) is 13.2 Å². The molecule has 22 heavy (non-hydrogen) atoms. The molecule has 0 saturated carbocycles. The van der Waals surface area contributed by atoms with Crippen LogP contribution in [-0.4, -0.2) is 27.6 Å². The van der Waals surface area contributed by atoms with Crippen LogP contribution in [0.5, 0.6) is 0 Å². The van der Waals surface area contributed by atoms with Gasteiger partial charge in [0.1, 0.15) is 0 Å². The van der Waals surface area contributed by atoms with Crippen LogP contribution >= 0.6 is 11.3 Å². The van der Waals surface area contributed by atoms with E-state index in [1.165, 1.54) is 23.5 Å². The molecule has 1 aliphatic rings. The monoisotopic (exact) mass is 328 g/mol. The lowest BCUT2D eigenvalue weighted by atomic mass is 10.0. The molecule has 3 nitrogen and oxygen atoms in total. The minimum Gasteiger partial charge on any atom is -0.392 e. The Kier molecular flexibility index (Phi) is 4.20. The van der Waals surface area contributed by atoms with Gasteiger partial charge in [-0.25, -0.2) is 0 Å². The van der Waals surface area contributed by atoms with E-state index in [0.717, 1.165) is 22.6 Å². The van der Waals surface area contributed by atoms with Gasteiger partial charge < -0.3 is 5.11 Å². The Morgan fingerprint density at radius 1 is 1.27 bits per heavy atom. The largest absolute Gasteiger partial charge is 0.416 e. The average Bonchev–Trinajstić information content (AvgIpc) is 3.08. The first-order chi connectivity index (χ1) is 10.4. The number of aromatic nitrogens is 1. The van der Waals surface area contributed by atoms with Gasteiger partial charge in [0.15, 0.2) is 0 Å². The number of alkyl halides is 3. The van der Waals surface area contributed by atoms with Gasteiger partial charge in [0.25, 0.3) is 0 Å². The Balaban J connectivity index is 1.79. The predicted octanol–water partition coefficient (Wildman–Crippen LogP) is 3.47. The second-order valence-corrected chi connectivity index (χ2v) is 6.39. The lowest BCUT2D eigenvalue weighted by molar-refractivity contribution is -0.137. The summed E-state index contributed by atoms with van der Waals surface area (Å²) in [4.78, 5) is 7.18. The second-order valence-electron chi connectivity index (χ2n) is 5.42. The van der Waals surface area contributed by atoms with E-state index in [4.69, 9.17) is 0 Å². The Morgan fingerprint density at radius 2 is 2.00 bits per heavy atom. The van der Waals surface area contributed by atoms with Gasteiger partial charge in [-0.1, -0.05) is 12.1 Å². The van der Waals surface area contributed by atoms with Gasteiger partial charge in [-0.15, -0.1) is 11.3 Å². The SMILES string of the molecule is OC1CC(c2ccc(C(F)(F)F)cc2)N(Cc2cncs2)C1. The van der Waals surface area contributed by atoms with Crippen molar-refractivity contribution in [2.75, 3.05) is 6.54 Å². The number of likely N-dealkylation sites (tertiary alicyclic amines) is 1. The minimum atomic E-state index is -4.32. The van der Waals surface area contributed by atoms with Crippen molar-refractivity contribution in [3.05, 3.63) is 52.0 Å². The van der Waals surface area contributed by atoms with Crippen LogP contribution in [0, 0.1) is 0 Å². The van der Waals surface area contributed by atoms with Crippen molar-refractivity contribution < 1.29 is 18.3 Å². The highest BCUT2D eigenvalue weighted by molar-refractivity contribution is 7.09. The van der Waals surface area contributed by atoms with Crippen molar-refractivity contribution in [2.45, 2.75) is 31.3 Å². The average molecular weight is 328 g/mol. The zero-order chi connectivity index (χ0) is 15.7. The van der Waals surface area contributed by atoms with Crippen molar-refractivity contribution in [1.82, 2.24) is 9.88 Å². The number of rotatable bonds is 3. The molecule has 1 saturated heterocycles. The Labute approximate surface area is 130 Å². The van der Waals surface area contributed by atoms with Crippen LogP contribution in [0.4, 0.5) is 13.2 Å². The maximum atomic E-state index is 12.6. The number of benzene rings is 1. The van der Waals surface area contributed by atoms with Gasteiger partial charge in [0.05, 0.1) is 17.2 Å². The van der Waals surface area contributed by atoms with E-state index in [1.54, 1.807) is 11.7 Å². The maximum Gasteiger partial charge on any atom is 0.416 e.